The van der Waals surface area contributed by atoms with Crippen LogP contribution in [0, 0.1) is 0 Å². The number of rotatable bonds is 12. The summed E-state index contributed by atoms with van der Waals surface area (Å²) in [5.41, 5.74) is 3.56. The number of carbonyl (C=O) groups is 1. The molecule has 8 nitrogen and oxygen atoms in total. The minimum absolute atomic E-state index is 0.324. The normalized spacial score (nSPS) is 10.7. The van der Waals surface area contributed by atoms with Crippen LogP contribution in [0.5, 0.6) is 5.75 Å². The van der Waals surface area contributed by atoms with E-state index in [9.17, 15) is 4.79 Å². The van der Waals surface area contributed by atoms with Gasteiger partial charge in [0, 0.05) is 31.1 Å². The SMILES string of the molecule is COc1ccc(N(C)c2nc(NCCCCCCCC(=O)NO)nc3ccccc23)cc1. The number of fused-ring (bicyclic) bond motifs is 1. The molecule has 0 saturated heterocycles. The summed E-state index contributed by atoms with van der Waals surface area (Å²) >= 11 is 0. The predicted molar refractivity (Wildman–Crippen MR) is 127 cm³/mol. The lowest BCUT2D eigenvalue weighted by atomic mass is 10.1. The van der Waals surface area contributed by atoms with E-state index in [-0.39, 0.29) is 5.91 Å². The van der Waals surface area contributed by atoms with Crippen LogP contribution in [-0.2, 0) is 4.79 Å². The van der Waals surface area contributed by atoms with E-state index in [1.165, 1.54) is 0 Å². The number of aromatic nitrogens is 2. The van der Waals surface area contributed by atoms with Crippen molar-refractivity contribution in [3.8, 4) is 5.75 Å². The van der Waals surface area contributed by atoms with Gasteiger partial charge in [-0.25, -0.2) is 10.5 Å². The van der Waals surface area contributed by atoms with Gasteiger partial charge in [-0.1, -0.05) is 31.4 Å². The standard InChI is InChI=1S/C24H31N5O3/c1-29(18-13-15-19(32-2)16-14-18)23-20-10-7-8-11-21(20)26-24(27-23)25-17-9-5-3-4-6-12-22(30)28-31/h7-8,10-11,13-16,31H,3-6,9,12,17H2,1-2H3,(H,28,30)(H,25,26,27). The average Bonchev–Trinajstić information content (AvgIpc) is 2.84. The Kier molecular flexibility index (Phi) is 8.62. The molecule has 2 aromatic carbocycles. The average molecular weight is 438 g/mol. The van der Waals surface area contributed by atoms with Crippen molar-refractivity contribution in [2.24, 2.45) is 0 Å². The molecule has 0 atom stereocenters. The maximum atomic E-state index is 11.0. The van der Waals surface area contributed by atoms with Gasteiger partial charge in [0.25, 0.3) is 0 Å². The van der Waals surface area contributed by atoms with Crippen molar-refractivity contribution in [2.45, 2.75) is 38.5 Å². The van der Waals surface area contributed by atoms with E-state index in [4.69, 9.17) is 14.9 Å². The summed E-state index contributed by atoms with van der Waals surface area (Å²) in [4.78, 5) is 22.5. The quantitative estimate of drug-likeness (QED) is 0.215. The van der Waals surface area contributed by atoms with Crippen molar-refractivity contribution >= 4 is 34.3 Å². The van der Waals surface area contributed by atoms with Crippen molar-refractivity contribution in [1.82, 2.24) is 15.4 Å². The molecule has 0 fully saturated rings. The Hall–Kier alpha value is -3.39. The van der Waals surface area contributed by atoms with Crippen molar-refractivity contribution in [2.75, 3.05) is 30.9 Å². The third kappa shape index (κ3) is 6.31. The van der Waals surface area contributed by atoms with E-state index >= 15 is 0 Å². The fourth-order valence-corrected chi connectivity index (χ4v) is 3.52. The smallest absolute Gasteiger partial charge is 0.243 e. The Morgan fingerprint density at radius 1 is 1.00 bits per heavy atom. The monoisotopic (exact) mass is 437 g/mol. The number of unbranched alkanes of at least 4 members (excludes halogenated alkanes) is 4. The minimum atomic E-state index is -0.324. The molecule has 1 aromatic heterocycles. The Morgan fingerprint density at radius 2 is 1.72 bits per heavy atom. The molecule has 0 aliphatic heterocycles. The number of carbonyl (C=O) groups excluding carboxylic acids is 1. The molecule has 0 saturated carbocycles. The molecule has 0 aliphatic rings. The number of amides is 1. The number of nitrogens with zero attached hydrogens (tertiary/aromatic N) is 3. The summed E-state index contributed by atoms with van der Waals surface area (Å²) in [6, 6.07) is 15.9. The van der Waals surface area contributed by atoms with Crippen LogP contribution in [0.25, 0.3) is 10.9 Å². The topological polar surface area (TPSA) is 99.6 Å². The van der Waals surface area contributed by atoms with Crippen molar-refractivity contribution in [1.29, 1.82) is 0 Å². The van der Waals surface area contributed by atoms with E-state index in [0.29, 0.717) is 12.4 Å². The summed E-state index contributed by atoms with van der Waals surface area (Å²) in [6.07, 6.45) is 5.21. The predicted octanol–water partition coefficient (Wildman–Crippen LogP) is 4.66. The van der Waals surface area contributed by atoms with Gasteiger partial charge < -0.3 is 15.0 Å². The lowest BCUT2D eigenvalue weighted by Gasteiger charge is -2.21. The van der Waals surface area contributed by atoms with Crippen LogP contribution >= 0.6 is 0 Å². The fraction of sp³-hybridized carbons (Fsp3) is 0.375. The molecule has 0 radical (unpaired) electrons. The number of nitrogens with one attached hydrogen (secondary N) is 2. The molecule has 1 amide bonds. The van der Waals surface area contributed by atoms with Gasteiger partial charge in [-0.15, -0.1) is 0 Å². The highest BCUT2D eigenvalue weighted by Gasteiger charge is 2.13. The van der Waals surface area contributed by atoms with Crippen LogP contribution in [0.3, 0.4) is 0 Å². The number of anilines is 3. The summed E-state index contributed by atoms with van der Waals surface area (Å²) < 4.78 is 5.26. The molecule has 1 heterocycles. The molecule has 3 rings (SSSR count). The van der Waals surface area contributed by atoms with Crippen molar-refractivity contribution in [3.05, 3.63) is 48.5 Å². The molecular formula is C24H31N5O3. The second-order valence-corrected chi connectivity index (χ2v) is 7.62. The van der Waals surface area contributed by atoms with Crippen LogP contribution in [0.2, 0.25) is 0 Å². The Morgan fingerprint density at radius 3 is 2.47 bits per heavy atom. The zero-order valence-corrected chi connectivity index (χ0v) is 18.7. The summed E-state index contributed by atoms with van der Waals surface area (Å²) in [6.45, 7) is 0.779. The summed E-state index contributed by atoms with van der Waals surface area (Å²) in [5.74, 6) is 1.94. The number of hydrogen-bond acceptors (Lipinski definition) is 7. The first-order valence-electron chi connectivity index (χ1n) is 10.9. The molecule has 0 bridgehead atoms. The zero-order valence-electron chi connectivity index (χ0n) is 18.7. The van der Waals surface area contributed by atoms with Gasteiger partial charge in [0.15, 0.2) is 0 Å². The number of benzene rings is 2. The maximum Gasteiger partial charge on any atom is 0.243 e. The van der Waals surface area contributed by atoms with Crippen LogP contribution in [0.1, 0.15) is 38.5 Å². The first-order valence-corrected chi connectivity index (χ1v) is 10.9. The van der Waals surface area contributed by atoms with E-state index in [1.807, 2.05) is 55.6 Å². The van der Waals surface area contributed by atoms with Crippen LogP contribution < -0.4 is 20.4 Å². The number of ether oxygens (including phenoxy) is 1. The Labute approximate surface area is 188 Å². The van der Waals surface area contributed by atoms with Gasteiger partial charge in [-0.05, 0) is 49.2 Å². The molecule has 170 valence electrons. The van der Waals surface area contributed by atoms with E-state index in [0.717, 1.165) is 66.8 Å². The van der Waals surface area contributed by atoms with Crippen molar-refractivity contribution in [3.63, 3.8) is 0 Å². The number of hydroxylamine groups is 1. The molecule has 0 spiro atoms. The summed E-state index contributed by atoms with van der Waals surface area (Å²) in [5, 5.41) is 12.8. The minimum Gasteiger partial charge on any atom is -0.497 e. The fourth-order valence-electron chi connectivity index (χ4n) is 3.52. The molecule has 8 heteroatoms. The Bertz CT molecular complexity index is 1010. The number of hydrogen-bond donors (Lipinski definition) is 3. The number of methoxy groups -OCH3 is 1. The molecule has 3 aromatic rings. The van der Waals surface area contributed by atoms with Gasteiger partial charge >= 0.3 is 0 Å². The first-order chi connectivity index (χ1) is 15.6. The van der Waals surface area contributed by atoms with Gasteiger partial charge in [0.05, 0.1) is 12.6 Å². The highest BCUT2D eigenvalue weighted by Crippen LogP contribution is 2.30. The van der Waals surface area contributed by atoms with Crippen LogP contribution in [0.15, 0.2) is 48.5 Å². The highest BCUT2D eigenvalue weighted by molar-refractivity contribution is 5.92. The molecule has 0 aliphatic carbocycles. The van der Waals surface area contributed by atoms with E-state index in [1.54, 1.807) is 12.6 Å². The van der Waals surface area contributed by atoms with Crippen LogP contribution in [0.4, 0.5) is 17.5 Å². The molecular weight excluding hydrogens is 406 g/mol. The van der Waals surface area contributed by atoms with Gasteiger partial charge in [-0.3, -0.25) is 10.0 Å². The molecule has 0 unspecified atom stereocenters. The first kappa shape index (κ1) is 23.3. The van der Waals surface area contributed by atoms with Gasteiger partial charge in [0.1, 0.15) is 11.6 Å². The molecule has 32 heavy (non-hydrogen) atoms. The second-order valence-electron chi connectivity index (χ2n) is 7.62. The van der Waals surface area contributed by atoms with Crippen molar-refractivity contribution < 1.29 is 14.7 Å². The third-order valence-electron chi connectivity index (χ3n) is 5.35. The van der Waals surface area contributed by atoms with Gasteiger partial charge in [-0.2, -0.15) is 4.98 Å². The second kappa shape index (κ2) is 11.9. The largest absolute Gasteiger partial charge is 0.497 e. The van der Waals surface area contributed by atoms with E-state index < -0.39 is 0 Å². The lowest BCUT2D eigenvalue weighted by molar-refractivity contribution is -0.129. The lowest BCUT2D eigenvalue weighted by Crippen LogP contribution is -2.17. The highest BCUT2D eigenvalue weighted by atomic mass is 16.5. The Balaban J connectivity index is 1.61. The molecule has 3 N–H and O–H groups in total. The third-order valence-corrected chi connectivity index (χ3v) is 5.35. The maximum absolute atomic E-state index is 11.0. The summed E-state index contributed by atoms with van der Waals surface area (Å²) in [7, 11) is 3.65. The number of para-hydroxylation sites is 1. The zero-order chi connectivity index (χ0) is 22.8. The van der Waals surface area contributed by atoms with Gasteiger partial charge in [0.2, 0.25) is 11.9 Å². The van der Waals surface area contributed by atoms with E-state index in [2.05, 4.69) is 15.2 Å². The van der Waals surface area contributed by atoms with Crippen LogP contribution in [-0.4, -0.2) is 41.8 Å².